The molecule has 0 saturated carbocycles. The van der Waals surface area contributed by atoms with Gasteiger partial charge in [0, 0.05) is 18.4 Å². The van der Waals surface area contributed by atoms with Crippen molar-refractivity contribution >= 4 is 17.3 Å². The number of amides is 1. The summed E-state index contributed by atoms with van der Waals surface area (Å²) in [6, 6.07) is 11.5. The first-order chi connectivity index (χ1) is 9.11. The van der Waals surface area contributed by atoms with Gasteiger partial charge in [-0.3, -0.25) is 4.79 Å². The third kappa shape index (κ3) is 2.91. The Bertz CT molecular complexity index is 611. The van der Waals surface area contributed by atoms with Crippen molar-refractivity contribution in [2.45, 2.75) is 6.92 Å². The minimum Gasteiger partial charge on any atom is -0.387 e. The molecule has 0 aliphatic heterocycles. The van der Waals surface area contributed by atoms with Gasteiger partial charge in [0.1, 0.15) is 5.82 Å². The molecule has 2 aromatic carbocycles. The van der Waals surface area contributed by atoms with Gasteiger partial charge in [0.15, 0.2) is 0 Å². The van der Waals surface area contributed by atoms with Crippen LogP contribution in [0.15, 0.2) is 42.5 Å². The molecule has 0 aliphatic carbocycles. The molecule has 0 saturated heterocycles. The number of aryl methyl sites for hydroxylation is 1. The van der Waals surface area contributed by atoms with E-state index in [0.717, 1.165) is 11.3 Å². The van der Waals surface area contributed by atoms with E-state index in [2.05, 4.69) is 10.6 Å². The highest BCUT2D eigenvalue weighted by molar-refractivity contribution is 6.08. The van der Waals surface area contributed by atoms with Gasteiger partial charge >= 0.3 is 0 Å². The van der Waals surface area contributed by atoms with E-state index in [1.54, 1.807) is 13.1 Å². The molecular weight excluding hydrogens is 243 g/mol. The minimum absolute atomic E-state index is 0.283. The molecule has 0 unspecified atom stereocenters. The van der Waals surface area contributed by atoms with E-state index in [-0.39, 0.29) is 11.5 Å². The highest BCUT2D eigenvalue weighted by Crippen LogP contribution is 2.20. The summed E-state index contributed by atoms with van der Waals surface area (Å²) in [5, 5.41) is 5.66. The van der Waals surface area contributed by atoms with Crippen LogP contribution in [0.3, 0.4) is 0 Å². The summed E-state index contributed by atoms with van der Waals surface area (Å²) < 4.78 is 13.3. The third-order valence-corrected chi connectivity index (χ3v) is 2.89. The van der Waals surface area contributed by atoms with Gasteiger partial charge in [-0.1, -0.05) is 18.2 Å². The van der Waals surface area contributed by atoms with Crippen LogP contribution >= 0.6 is 0 Å². The van der Waals surface area contributed by atoms with Gasteiger partial charge in [0.05, 0.1) is 5.56 Å². The fourth-order valence-electron chi connectivity index (χ4n) is 1.83. The number of halogens is 1. The standard InChI is InChI=1S/C15H15FN2O/c1-10-5-3-4-6-13(10)18-15(19)12-9-11(16)7-8-14(12)17-2/h3-9,17H,1-2H3,(H,18,19). The lowest BCUT2D eigenvalue weighted by atomic mass is 10.1. The highest BCUT2D eigenvalue weighted by atomic mass is 19.1. The van der Waals surface area contributed by atoms with Crippen LogP contribution in [0.4, 0.5) is 15.8 Å². The van der Waals surface area contributed by atoms with E-state index in [4.69, 9.17) is 0 Å². The lowest BCUT2D eigenvalue weighted by Gasteiger charge is -2.11. The highest BCUT2D eigenvalue weighted by Gasteiger charge is 2.12. The number of anilines is 2. The Balaban J connectivity index is 2.30. The molecule has 0 aliphatic rings. The van der Waals surface area contributed by atoms with Crippen molar-refractivity contribution in [2.75, 3.05) is 17.7 Å². The average molecular weight is 258 g/mol. The quantitative estimate of drug-likeness (QED) is 0.885. The van der Waals surface area contributed by atoms with Crippen LogP contribution in [0, 0.1) is 12.7 Å². The van der Waals surface area contributed by atoms with Crippen LogP contribution in [0.1, 0.15) is 15.9 Å². The van der Waals surface area contributed by atoms with E-state index in [1.165, 1.54) is 12.1 Å². The molecule has 3 nitrogen and oxygen atoms in total. The normalized spacial score (nSPS) is 10.1. The molecule has 98 valence electrons. The molecule has 0 fully saturated rings. The maximum Gasteiger partial charge on any atom is 0.257 e. The first-order valence-corrected chi connectivity index (χ1v) is 5.96. The molecule has 0 radical (unpaired) electrons. The molecule has 0 aromatic heterocycles. The Morgan fingerprint density at radius 3 is 2.53 bits per heavy atom. The number of hydrogen-bond acceptors (Lipinski definition) is 2. The van der Waals surface area contributed by atoms with Crippen LogP contribution in [0.5, 0.6) is 0 Å². The zero-order valence-electron chi connectivity index (χ0n) is 10.8. The van der Waals surface area contributed by atoms with E-state index in [9.17, 15) is 9.18 Å². The van der Waals surface area contributed by atoms with Gasteiger partial charge < -0.3 is 10.6 Å². The second-order valence-electron chi connectivity index (χ2n) is 4.21. The molecule has 4 heteroatoms. The maximum atomic E-state index is 13.3. The van der Waals surface area contributed by atoms with Gasteiger partial charge in [-0.05, 0) is 36.8 Å². The Kier molecular flexibility index (Phi) is 3.80. The number of carbonyl (C=O) groups excluding carboxylic acids is 1. The minimum atomic E-state index is -0.436. The first-order valence-electron chi connectivity index (χ1n) is 5.96. The summed E-state index contributed by atoms with van der Waals surface area (Å²) in [6.45, 7) is 1.90. The molecular formula is C15H15FN2O. The molecule has 0 atom stereocenters. The molecule has 19 heavy (non-hydrogen) atoms. The summed E-state index contributed by atoms with van der Waals surface area (Å²) in [7, 11) is 1.69. The third-order valence-electron chi connectivity index (χ3n) is 2.89. The summed E-state index contributed by atoms with van der Waals surface area (Å²) in [5.74, 6) is -0.771. The van der Waals surface area contributed by atoms with Gasteiger partial charge in [-0.25, -0.2) is 4.39 Å². The van der Waals surface area contributed by atoms with E-state index >= 15 is 0 Å². The molecule has 1 amide bonds. The fourth-order valence-corrected chi connectivity index (χ4v) is 1.83. The lowest BCUT2D eigenvalue weighted by molar-refractivity contribution is 0.102. The fraction of sp³-hybridized carbons (Fsp3) is 0.133. The Morgan fingerprint density at radius 1 is 1.11 bits per heavy atom. The maximum absolute atomic E-state index is 13.3. The number of nitrogens with one attached hydrogen (secondary N) is 2. The van der Waals surface area contributed by atoms with Gasteiger partial charge in [0.25, 0.3) is 5.91 Å². The number of carbonyl (C=O) groups is 1. The SMILES string of the molecule is CNc1ccc(F)cc1C(=O)Nc1ccccc1C. The van der Waals surface area contributed by atoms with Crippen LogP contribution < -0.4 is 10.6 Å². The van der Waals surface area contributed by atoms with Gasteiger partial charge in [-0.2, -0.15) is 0 Å². The summed E-state index contributed by atoms with van der Waals surface area (Å²) >= 11 is 0. The zero-order chi connectivity index (χ0) is 13.8. The van der Waals surface area contributed by atoms with Crippen molar-refractivity contribution in [3.05, 3.63) is 59.4 Å². The van der Waals surface area contributed by atoms with Crippen LogP contribution in [-0.2, 0) is 0 Å². The second-order valence-corrected chi connectivity index (χ2v) is 4.21. The van der Waals surface area contributed by atoms with E-state index < -0.39 is 5.82 Å². The number of para-hydroxylation sites is 1. The zero-order valence-corrected chi connectivity index (χ0v) is 10.8. The number of rotatable bonds is 3. The summed E-state index contributed by atoms with van der Waals surface area (Å²) in [4.78, 5) is 12.2. The van der Waals surface area contributed by atoms with Crippen LogP contribution in [0.25, 0.3) is 0 Å². The predicted molar refractivity (Wildman–Crippen MR) is 75.1 cm³/mol. The second kappa shape index (κ2) is 5.52. The monoisotopic (exact) mass is 258 g/mol. The van der Waals surface area contributed by atoms with Crippen molar-refractivity contribution < 1.29 is 9.18 Å². The molecule has 0 heterocycles. The molecule has 0 bridgehead atoms. The Hall–Kier alpha value is -2.36. The first kappa shape index (κ1) is 13.1. The largest absolute Gasteiger partial charge is 0.387 e. The van der Waals surface area contributed by atoms with Gasteiger partial charge in [0.2, 0.25) is 0 Å². The van der Waals surface area contributed by atoms with E-state index in [1.807, 2.05) is 31.2 Å². The summed E-state index contributed by atoms with van der Waals surface area (Å²) in [6.07, 6.45) is 0. The predicted octanol–water partition coefficient (Wildman–Crippen LogP) is 3.43. The Labute approximate surface area is 111 Å². The lowest BCUT2D eigenvalue weighted by Crippen LogP contribution is -2.15. The topological polar surface area (TPSA) is 41.1 Å². The van der Waals surface area contributed by atoms with Crippen LogP contribution in [0.2, 0.25) is 0 Å². The molecule has 2 N–H and O–H groups in total. The van der Waals surface area contributed by atoms with Crippen molar-refractivity contribution in [1.29, 1.82) is 0 Å². The Morgan fingerprint density at radius 2 is 1.84 bits per heavy atom. The van der Waals surface area contributed by atoms with Crippen LogP contribution in [-0.4, -0.2) is 13.0 Å². The van der Waals surface area contributed by atoms with Crippen molar-refractivity contribution in [1.82, 2.24) is 0 Å². The van der Waals surface area contributed by atoms with Crippen molar-refractivity contribution in [2.24, 2.45) is 0 Å². The van der Waals surface area contributed by atoms with Crippen molar-refractivity contribution in [3.63, 3.8) is 0 Å². The van der Waals surface area contributed by atoms with E-state index in [0.29, 0.717) is 5.69 Å². The molecule has 0 spiro atoms. The smallest absolute Gasteiger partial charge is 0.257 e. The molecule has 2 aromatic rings. The number of hydrogen-bond donors (Lipinski definition) is 2. The number of benzene rings is 2. The average Bonchev–Trinajstić information content (AvgIpc) is 2.41. The van der Waals surface area contributed by atoms with Gasteiger partial charge in [-0.15, -0.1) is 0 Å². The molecule has 2 rings (SSSR count). The summed E-state index contributed by atoms with van der Waals surface area (Å²) in [5.41, 5.74) is 2.55. The van der Waals surface area contributed by atoms with Crippen molar-refractivity contribution in [3.8, 4) is 0 Å².